The number of carbonyl (C=O) groups is 3. The lowest BCUT2D eigenvalue weighted by Crippen LogP contribution is -2.30. The number of carbonyl (C=O) groups excluding carboxylic acids is 3. The first-order chi connectivity index (χ1) is 31.0. The summed E-state index contributed by atoms with van der Waals surface area (Å²) in [7, 11) is 0. The molecule has 0 aliphatic carbocycles. The highest BCUT2D eigenvalue weighted by Crippen LogP contribution is 2.15. The van der Waals surface area contributed by atoms with Gasteiger partial charge in [0, 0.05) is 19.3 Å². The summed E-state index contributed by atoms with van der Waals surface area (Å²) in [6, 6.07) is 0. The van der Waals surface area contributed by atoms with E-state index in [9.17, 15) is 14.4 Å². The van der Waals surface area contributed by atoms with Crippen molar-refractivity contribution in [3.05, 3.63) is 36.5 Å². The minimum absolute atomic E-state index is 0.0806. The summed E-state index contributed by atoms with van der Waals surface area (Å²) >= 11 is 0. The summed E-state index contributed by atoms with van der Waals surface area (Å²) in [5.74, 6) is -0.893. The summed E-state index contributed by atoms with van der Waals surface area (Å²) < 4.78 is 16.8. The molecule has 0 bridgehead atoms. The molecule has 0 radical (unpaired) electrons. The van der Waals surface area contributed by atoms with Crippen molar-refractivity contribution in [2.45, 2.75) is 297 Å². The maximum Gasteiger partial charge on any atom is 0.306 e. The largest absolute Gasteiger partial charge is 0.462 e. The third kappa shape index (κ3) is 50.5. The first-order valence-corrected chi connectivity index (χ1v) is 27.5. The third-order valence-corrected chi connectivity index (χ3v) is 12.1. The average Bonchev–Trinajstić information content (AvgIpc) is 3.28. The van der Waals surface area contributed by atoms with Gasteiger partial charge in [-0.1, -0.05) is 211 Å². The van der Waals surface area contributed by atoms with Gasteiger partial charge < -0.3 is 14.2 Å². The van der Waals surface area contributed by atoms with E-state index in [1.54, 1.807) is 0 Å². The van der Waals surface area contributed by atoms with Gasteiger partial charge in [0.2, 0.25) is 0 Å². The fourth-order valence-corrected chi connectivity index (χ4v) is 7.90. The number of unbranched alkanes of at least 4 members (excludes halogenated alkanes) is 33. The molecule has 0 amide bonds. The van der Waals surface area contributed by atoms with Crippen LogP contribution in [0.3, 0.4) is 0 Å². The highest BCUT2D eigenvalue weighted by atomic mass is 16.6. The first-order valence-electron chi connectivity index (χ1n) is 27.5. The second kappa shape index (κ2) is 52.3. The van der Waals surface area contributed by atoms with E-state index >= 15 is 0 Å². The van der Waals surface area contributed by atoms with Crippen molar-refractivity contribution in [3.63, 3.8) is 0 Å². The summed E-state index contributed by atoms with van der Waals surface area (Å²) in [5.41, 5.74) is 0. The Morgan fingerprint density at radius 1 is 0.302 bits per heavy atom. The maximum atomic E-state index is 12.8. The Balaban J connectivity index is 4.39. The van der Waals surface area contributed by atoms with Gasteiger partial charge in [-0.05, 0) is 96.3 Å². The molecule has 6 nitrogen and oxygen atoms in total. The quantitative estimate of drug-likeness (QED) is 0.0199. The fourth-order valence-electron chi connectivity index (χ4n) is 7.90. The minimum atomic E-state index is -0.781. The topological polar surface area (TPSA) is 78.9 Å². The van der Waals surface area contributed by atoms with E-state index < -0.39 is 6.10 Å². The van der Waals surface area contributed by atoms with Crippen LogP contribution in [0.15, 0.2) is 36.5 Å². The van der Waals surface area contributed by atoms with Crippen LogP contribution in [0.1, 0.15) is 290 Å². The second-order valence-corrected chi connectivity index (χ2v) is 18.5. The highest BCUT2D eigenvalue weighted by Gasteiger charge is 2.19. The molecule has 0 atom stereocenters. The van der Waals surface area contributed by atoms with Crippen molar-refractivity contribution in [3.8, 4) is 0 Å². The van der Waals surface area contributed by atoms with Crippen LogP contribution in [0, 0.1) is 0 Å². The molecule has 0 aliphatic heterocycles. The molecule has 0 aromatic carbocycles. The average molecular weight is 891 g/mol. The Kier molecular flexibility index (Phi) is 50.3. The van der Waals surface area contributed by atoms with E-state index in [0.29, 0.717) is 19.3 Å². The molecule has 0 unspecified atom stereocenters. The molecule has 0 aromatic heterocycles. The number of hydrogen-bond donors (Lipinski definition) is 0. The van der Waals surface area contributed by atoms with E-state index in [0.717, 1.165) is 77.0 Å². The number of esters is 3. The number of ether oxygens (including phenoxy) is 3. The molecule has 0 saturated carbocycles. The van der Waals surface area contributed by atoms with Crippen LogP contribution in [-0.4, -0.2) is 37.2 Å². The predicted octanol–water partition coefficient (Wildman–Crippen LogP) is 18.1. The van der Waals surface area contributed by atoms with Gasteiger partial charge in [0.05, 0.1) is 0 Å². The SMILES string of the molecule is CCCCCCCC/[13CH]=[13CH]\CCCCCCCC(=O)OCC(COC(=O)CCCCCCC/[13CH]=[13CH]\CCCCCCCC)OC(=O)CCCCCCC/[13CH]=[13CH]\CCCCCCCC. The van der Waals surface area contributed by atoms with Crippen LogP contribution in [0.2, 0.25) is 0 Å². The zero-order valence-electron chi connectivity index (χ0n) is 42.1. The van der Waals surface area contributed by atoms with Gasteiger partial charge in [-0.25, -0.2) is 0 Å². The molecule has 0 aromatic rings. The van der Waals surface area contributed by atoms with Crippen LogP contribution in [0.5, 0.6) is 0 Å². The van der Waals surface area contributed by atoms with Gasteiger partial charge >= 0.3 is 17.9 Å². The molecule has 0 N–H and O–H groups in total. The van der Waals surface area contributed by atoms with Crippen molar-refractivity contribution >= 4 is 17.9 Å². The molecule has 0 rings (SSSR count). The van der Waals surface area contributed by atoms with Gasteiger partial charge in [-0.15, -0.1) is 0 Å². The normalized spacial score (nSPS) is 11.8. The zero-order valence-corrected chi connectivity index (χ0v) is 42.1. The molecular formula is C57H104O6. The number of hydrogen-bond acceptors (Lipinski definition) is 6. The van der Waals surface area contributed by atoms with E-state index in [1.165, 1.54) is 173 Å². The predicted molar refractivity (Wildman–Crippen MR) is 270 cm³/mol. The molecule has 368 valence electrons. The van der Waals surface area contributed by atoms with Crippen molar-refractivity contribution < 1.29 is 28.6 Å². The lowest BCUT2D eigenvalue weighted by molar-refractivity contribution is -0.167. The molecule has 0 spiro atoms. The molecule has 63 heavy (non-hydrogen) atoms. The molecule has 0 heterocycles. The second-order valence-electron chi connectivity index (χ2n) is 18.5. The van der Waals surface area contributed by atoms with Gasteiger partial charge in [0.15, 0.2) is 6.10 Å². The van der Waals surface area contributed by atoms with Crippen molar-refractivity contribution in [2.75, 3.05) is 13.2 Å². The molecule has 0 saturated heterocycles. The summed E-state index contributed by atoms with van der Waals surface area (Å²) in [6.07, 6.45) is 61.2. The van der Waals surface area contributed by atoms with E-state index in [2.05, 4.69) is 57.2 Å². The standard InChI is InChI=1S/C57H104O6/c1-4-7-10-13-16-19-22-25-28-31-34-37-40-43-46-49-55(58)61-52-54(63-57(60)51-48-45-42-39-36-33-30-27-24-21-18-15-12-9-6-3)53-62-56(59)50-47-44-41-38-35-32-29-26-23-20-17-14-11-8-5-2/h25-30,54H,4-24,31-53H2,1-3H3/b28-25-,29-26-,30-27-/i25+1,26+1,27+1,28+1,29+1,30+1. The number of rotatable bonds is 50. The van der Waals surface area contributed by atoms with E-state index in [1.807, 2.05) is 0 Å². The highest BCUT2D eigenvalue weighted by molar-refractivity contribution is 5.71. The summed E-state index contributed by atoms with van der Waals surface area (Å²) in [5, 5.41) is 0. The van der Waals surface area contributed by atoms with Crippen LogP contribution < -0.4 is 0 Å². The fraction of sp³-hybridized carbons (Fsp3) is 0.842. The van der Waals surface area contributed by atoms with Crippen LogP contribution in [0.25, 0.3) is 0 Å². The monoisotopic (exact) mass is 891 g/mol. The summed E-state index contributed by atoms with van der Waals surface area (Å²) in [4.78, 5) is 38.0. The Bertz CT molecular complexity index is 1010. The maximum absolute atomic E-state index is 12.8. The van der Waals surface area contributed by atoms with Crippen LogP contribution in [-0.2, 0) is 28.6 Å². The van der Waals surface area contributed by atoms with Crippen molar-refractivity contribution in [2.24, 2.45) is 0 Å². The minimum Gasteiger partial charge on any atom is -0.462 e. The Hall–Kier alpha value is -2.37. The molecular weight excluding hydrogens is 787 g/mol. The van der Waals surface area contributed by atoms with Crippen LogP contribution >= 0.6 is 0 Å². The van der Waals surface area contributed by atoms with Gasteiger partial charge in [0.25, 0.3) is 0 Å². The number of allylic oxidation sites excluding steroid dienone is 6. The van der Waals surface area contributed by atoms with E-state index in [4.69, 9.17) is 14.2 Å². The first kappa shape index (κ1) is 60.6. The molecule has 0 fully saturated rings. The summed E-state index contributed by atoms with van der Waals surface area (Å²) in [6.45, 7) is 6.63. The Labute approximate surface area is 391 Å². The van der Waals surface area contributed by atoms with E-state index in [-0.39, 0.29) is 31.1 Å². The third-order valence-electron chi connectivity index (χ3n) is 12.1. The Morgan fingerprint density at radius 3 is 0.794 bits per heavy atom. The van der Waals surface area contributed by atoms with Gasteiger partial charge in [-0.3, -0.25) is 14.4 Å². The molecule has 0 aliphatic rings. The van der Waals surface area contributed by atoms with Crippen molar-refractivity contribution in [1.29, 1.82) is 0 Å². The Morgan fingerprint density at radius 2 is 0.524 bits per heavy atom. The molecule has 6 heteroatoms. The zero-order chi connectivity index (χ0) is 45.8. The lowest BCUT2D eigenvalue weighted by atomic mass is 10.1. The van der Waals surface area contributed by atoms with Gasteiger partial charge in [0.1, 0.15) is 13.2 Å². The van der Waals surface area contributed by atoms with Gasteiger partial charge in [-0.2, -0.15) is 0 Å². The smallest absolute Gasteiger partial charge is 0.306 e. The lowest BCUT2D eigenvalue weighted by Gasteiger charge is -2.18. The van der Waals surface area contributed by atoms with Crippen molar-refractivity contribution in [1.82, 2.24) is 0 Å². The van der Waals surface area contributed by atoms with Crippen LogP contribution in [0.4, 0.5) is 0 Å².